The third-order valence-corrected chi connectivity index (χ3v) is 9.01. The van der Waals surface area contributed by atoms with Crippen LogP contribution in [0.5, 0.6) is 0 Å². The summed E-state index contributed by atoms with van der Waals surface area (Å²) in [5.41, 5.74) is 3.44. The first-order valence-electron chi connectivity index (χ1n) is 11.7. The molecule has 0 bridgehead atoms. The molecule has 0 aromatic carbocycles. The first-order valence-corrected chi connectivity index (χ1v) is 14.7. The second-order valence-electron chi connectivity index (χ2n) is 9.72. The van der Waals surface area contributed by atoms with E-state index in [1.807, 2.05) is 11.8 Å². The molecule has 0 amide bonds. The van der Waals surface area contributed by atoms with E-state index in [4.69, 9.17) is 24.4 Å². The number of anilines is 1. The van der Waals surface area contributed by atoms with Crippen LogP contribution >= 0.6 is 34.9 Å². The Morgan fingerprint density at radius 3 is 2.64 bits per heavy atom. The van der Waals surface area contributed by atoms with Crippen molar-refractivity contribution in [1.82, 2.24) is 15.0 Å². The smallest absolute Gasteiger partial charge is 0.189 e. The van der Waals surface area contributed by atoms with E-state index in [2.05, 4.69) is 38.9 Å². The van der Waals surface area contributed by atoms with Crippen molar-refractivity contribution < 1.29 is 9.47 Å². The van der Waals surface area contributed by atoms with Gasteiger partial charge in [-0.05, 0) is 43.8 Å². The van der Waals surface area contributed by atoms with E-state index in [9.17, 15) is 0 Å². The molecule has 0 saturated carbocycles. The van der Waals surface area contributed by atoms with Gasteiger partial charge >= 0.3 is 0 Å². The van der Waals surface area contributed by atoms with Crippen molar-refractivity contribution in [2.24, 2.45) is 5.92 Å². The van der Waals surface area contributed by atoms with Crippen molar-refractivity contribution in [2.75, 3.05) is 43.2 Å². The number of hydrogen-bond donors (Lipinski definition) is 0. The molecule has 0 N–H and O–H groups in total. The number of fused-ring (bicyclic) bond motifs is 5. The molecule has 0 spiro atoms. The van der Waals surface area contributed by atoms with Crippen molar-refractivity contribution in [2.45, 2.75) is 62.9 Å². The topological polar surface area (TPSA) is 60.4 Å². The van der Waals surface area contributed by atoms with Crippen molar-refractivity contribution >= 4 is 61.1 Å². The van der Waals surface area contributed by atoms with E-state index in [0.717, 1.165) is 64.8 Å². The number of rotatable bonds is 6. The minimum Gasteiger partial charge on any atom is -0.378 e. The Bertz CT molecular complexity index is 1170. The van der Waals surface area contributed by atoms with Crippen LogP contribution < -0.4 is 4.90 Å². The van der Waals surface area contributed by atoms with Gasteiger partial charge in [-0.3, -0.25) is 0 Å². The lowest BCUT2D eigenvalue weighted by atomic mass is 9.90. The Morgan fingerprint density at radius 1 is 1.12 bits per heavy atom. The van der Waals surface area contributed by atoms with E-state index in [1.165, 1.54) is 27.6 Å². The molecular formula is C24H32N4O2S3. The molecule has 1 fully saturated rings. The molecule has 0 atom stereocenters. The lowest BCUT2D eigenvalue weighted by molar-refractivity contribution is -0.0396. The van der Waals surface area contributed by atoms with Gasteiger partial charge in [0.25, 0.3) is 0 Å². The van der Waals surface area contributed by atoms with Crippen LogP contribution in [0.3, 0.4) is 0 Å². The van der Waals surface area contributed by atoms with Crippen LogP contribution in [-0.2, 0) is 22.5 Å². The van der Waals surface area contributed by atoms with Gasteiger partial charge in [0.05, 0.1) is 35.6 Å². The van der Waals surface area contributed by atoms with Gasteiger partial charge in [-0.25, -0.2) is 15.0 Å². The standard InChI is InChI=1S/C24H32N4O2S3/c1-14(2)6-11-32-22-19-18(25-23(27-22)31-5)17-15-12-24(3,4)30-13-16(15)20(26-21(17)33-19)28-7-9-29-10-8-28/h14H,6-13H2,1-5H3. The molecule has 3 aromatic heterocycles. The summed E-state index contributed by atoms with van der Waals surface area (Å²) in [7, 11) is 0. The number of ether oxygens (including phenoxy) is 2. The zero-order valence-electron chi connectivity index (χ0n) is 20.1. The zero-order chi connectivity index (χ0) is 23.2. The van der Waals surface area contributed by atoms with Crippen LogP contribution in [-0.4, -0.2) is 58.9 Å². The van der Waals surface area contributed by atoms with Crippen molar-refractivity contribution in [3.05, 3.63) is 11.1 Å². The molecule has 6 nitrogen and oxygen atoms in total. The van der Waals surface area contributed by atoms with Gasteiger partial charge in [-0.2, -0.15) is 0 Å². The SMILES string of the molecule is CSc1nc(SCCC(C)C)c2sc3nc(N4CCOCC4)c4c(c3c2n1)CC(C)(C)OC4. The summed E-state index contributed by atoms with van der Waals surface area (Å²) in [5, 5.41) is 3.15. The number of aromatic nitrogens is 3. The molecule has 0 radical (unpaired) electrons. The largest absolute Gasteiger partial charge is 0.378 e. The molecule has 3 aromatic rings. The van der Waals surface area contributed by atoms with E-state index in [0.29, 0.717) is 12.5 Å². The van der Waals surface area contributed by atoms with E-state index < -0.39 is 0 Å². The fourth-order valence-corrected chi connectivity index (χ4v) is 7.34. The lowest BCUT2D eigenvalue weighted by Gasteiger charge is -2.36. The van der Waals surface area contributed by atoms with Crippen LogP contribution in [0, 0.1) is 5.92 Å². The van der Waals surface area contributed by atoms with Gasteiger partial charge < -0.3 is 14.4 Å². The molecular weight excluding hydrogens is 472 g/mol. The number of morpholine rings is 1. The Labute approximate surface area is 208 Å². The highest BCUT2D eigenvalue weighted by molar-refractivity contribution is 7.99. The molecule has 0 unspecified atom stereocenters. The monoisotopic (exact) mass is 504 g/mol. The molecule has 1 saturated heterocycles. The van der Waals surface area contributed by atoms with E-state index in [1.54, 1.807) is 23.1 Å². The minimum atomic E-state index is -0.206. The highest BCUT2D eigenvalue weighted by Gasteiger charge is 2.33. The fraction of sp³-hybridized carbons (Fsp3) is 0.625. The predicted octanol–water partition coefficient (Wildman–Crippen LogP) is 5.79. The van der Waals surface area contributed by atoms with Crippen LogP contribution in [0.2, 0.25) is 0 Å². The van der Waals surface area contributed by atoms with Crippen molar-refractivity contribution in [3.8, 4) is 0 Å². The molecule has 2 aliphatic heterocycles. The first-order chi connectivity index (χ1) is 15.9. The summed E-state index contributed by atoms with van der Waals surface area (Å²) in [4.78, 5) is 18.6. The summed E-state index contributed by atoms with van der Waals surface area (Å²) in [5.74, 6) is 2.82. The quantitative estimate of drug-likeness (QED) is 0.238. The highest BCUT2D eigenvalue weighted by atomic mass is 32.2. The molecule has 2 aliphatic rings. The maximum Gasteiger partial charge on any atom is 0.189 e. The lowest BCUT2D eigenvalue weighted by Crippen LogP contribution is -2.39. The molecule has 178 valence electrons. The van der Waals surface area contributed by atoms with E-state index >= 15 is 0 Å². The molecule has 0 aliphatic carbocycles. The van der Waals surface area contributed by atoms with Crippen molar-refractivity contribution in [1.29, 1.82) is 0 Å². The normalized spacial score (nSPS) is 18.4. The zero-order valence-corrected chi connectivity index (χ0v) is 22.5. The van der Waals surface area contributed by atoms with Crippen LogP contribution in [0.4, 0.5) is 5.82 Å². The number of hydrogen-bond acceptors (Lipinski definition) is 9. The average molecular weight is 505 g/mol. The average Bonchev–Trinajstić information content (AvgIpc) is 3.17. The molecule has 9 heteroatoms. The summed E-state index contributed by atoms with van der Waals surface area (Å²) in [6, 6.07) is 0. The Kier molecular flexibility index (Phi) is 6.79. The number of pyridine rings is 1. The maximum atomic E-state index is 6.27. The van der Waals surface area contributed by atoms with Crippen LogP contribution in [0.15, 0.2) is 10.2 Å². The van der Waals surface area contributed by atoms with Gasteiger partial charge in [0.2, 0.25) is 0 Å². The minimum absolute atomic E-state index is 0.206. The maximum absolute atomic E-state index is 6.27. The van der Waals surface area contributed by atoms with Gasteiger partial charge in [0.15, 0.2) is 5.16 Å². The van der Waals surface area contributed by atoms with Gasteiger partial charge in [0, 0.05) is 30.5 Å². The Morgan fingerprint density at radius 2 is 1.91 bits per heavy atom. The Hall–Kier alpha value is -1.13. The predicted molar refractivity (Wildman–Crippen MR) is 140 cm³/mol. The molecule has 5 rings (SSSR count). The summed E-state index contributed by atoms with van der Waals surface area (Å²) in [6.45, 7) is 12.7. The number of thioether (sulfide) groups is 2. The first kappa shape index (κ1) is 23.6. The van der Waals surface area contributed by atoms with Crippen LogP contribution in [0.1, 0.15) is 45.2 Å². The molecule has 33 heavy (non-hydrogen) atoms. The third kappa shape index (κ3) is 4.72. The van der Waals surface area contributed by atoms with Gasteiger partial charge in [-0.1, -0.05) is 25.6 Å². The van der Waals surface area contributed by atoms with Crippen molar-refractivity contribution in [3.63, 3.8) is 0 Å². The number of thiophene rings is 1. The van der Waals surface area contributed by atoms with E-state index in [-0.39, 0.29) is 5.60 Å². The Balaban J connectivity index is 1.71. The second-order valence-corrected chi connectivity index (χ2v) is 12.6. The summed E-state index contributed by atoms with van der Waals surface area (Å²) >= 11 is 5.23. The van der Waals surface area contributed by atoms with Crippen LogP contribution in [0.25, 0.3) is 20.4 Å². The summed E-state index contributed by atoms with van der Waals surface area (Å²) < 4.78 is 13.1. The third-order valence-electron chi connectivity index (χ3n) is 6.24. The van der Waals surface area contributed by atoms with Gasteiger partial charge in [0.1, 0.15) is 15.7 Å². The summed E-state index contributed by atoms with van der Waals surface area (Å²) in [6.07, 6.45) is 4.09. The number of nitrogens with zero attached hydrogens (tertiary/aromatic N) is 4. The molecule has 5 heterocycles. The van der Waals surface area contributed by atoms with Gasteiger partial charge in [-0.15, -0.1) is 23.1 Å². The highest BCUT2D eigenvalue weighted by Crippen LogP contribution is 2.45. The second kappa shape index (κ2) is 9.49. The fourth-order valence-electron chi connectivity index (χ4n) is 4.43.